The minimum Gasteiger partial charge on any atom is -0.489 e. The Morgan fingerprint density at radius 2 is 1.68 bits per heavy atom. The third kappa shape index (κ3) is 5.74. The molecule has 176 valence electrons. The minimum atomic E-state index is -0.215. The predicted octanol–water partition coefficient (Wildman–Crippen LogP) is 4.13. The molecule has 1 aliphatic rings. The van der Waals surface area contributed by atoms with Crippen LogP contribution in [0.4, 0.5) is 11.4 Å². The minimum absolute atomic E-state index is 0.215. The molecule has 1 aliphatic heterocycles. The monoisotopic (exact) mass is 457 g/mol. The highest BCUT2D eigenvalue weighted by Crippen LogP contribution is 2.22. The van der Waals surface area contributed by atoms with Crippen LogP contribution >= 0.6 is 0 Å². The van der Waals surface area contributed by atoms with Gasteiger partial charge in [-0.3, -0.25) is 10.2 Å². The van der Waals surface area contributed by atoms with E-state index in [1.165, 1.54) is 0 Å². The van der Waals surface area contributed by atoms with Crippen LogP contribution in [0.1, 0.15) is 21.5 Å². The summed E-state index contributed by atoms with van der Waals surface area (Å²) in [5, 5.41) is 14.8. The van der Waals surface area contributed by atoms with Gasteiger partial charge in [-0.2, -0.15) is 0 Å². The summed E-state index contributed by atoms with van der Waals surface area (Å²) in [5.74, 6) is 0.961. The fourth-order valence-electron chi connectivity index (χ4n) is 3.88. The molecule has 0 aromatic heterocycles. The number of nitrogens with zero attached hydrogens (tertiary/aromatic N) is 2. The lowest BCUT2D eigenvalue weighted by Gasteiger charge is -2.34. The zero-order valence-electron chi connectivity index (χ0n) is 19.7. The summed E-state index contributed by atoms with van der Waals surface area (Å²) in [4.78, 5) is 17.3. The highest BCUT2D eigenvalue weighted by Gasteiger charge is 2.21. The topological polar surface area (TPSA) is 80.7 Å². The molecular weight excluding hydrogens is 426 g/mol. The normalized spacial score (nSPS) is 13.9. The molecule has 0 atom stereocenters. The van der Waals surface area contributed by atoms with Crippen LogP contribution in [0, 0.1) is 5.41 Å². The van der Waals surface area contributed by atoms with Crippen molar-refractivity contribution in [2.75, 3.05) is 50.9 Å². The van der Waals surface area contributed by atoms with E-state index < -0.39 is 0 Å². The summed E-state index contributed by atoms with van der Waals surface area (Å²) in [6.07, 6.45) is 0. The van der Waals surface area contributed by atoms with Crippen molar-refractivity contribution in [1.82, 2.24) is 9.80 Å². The van der Waals surface area contributed by atoms with Gasteiger partial charge < -0.3 is 25.2 Å². The van der Waals surface area contributed by atoms with Gasteiger partial charge in [-0.15, -0.1) is 0 Å². The van der Waals surface area contributed by atoms with Gasteiger partial charge in [0.25, 0.3) is 5.91 Å². The summed E-state index contributed by atoms with van der Waals surface area (Å²) in [6, 6.07) is 22.8. The number of likely N-dealkylation sites (N-methyl/N-ethyl adjacent to an activating group) is 1. The van der Waals surface area contributed by atoms with E-state index in [1.807, 2.05) is 67.7 Å². The Labute approximate surface area is 200 Å². The molecule has 0 spiro atoms. The van der Waals surface area contributed by atoms with E-state index >= 15 is 0 Å². The van der Waals surface area contributed by atoms with Gasteiger partial charge in [0.05, 0.1) is 0 Å². The number of nitrogens with one attached hydrogen (secondary N) is 3. The smallest absolute Gasteiger partial charge is 0.255 e. The number of benzene rings is 3. The molecule has 34 heavy (non-hydrogen) atoms. The van der Waals surface area contributed by atoms with Gasteiger partial charge in [-0.05, 0) is 55.1 Å². The maximum absolute atomic E-state index is 12.9. The molecule has 0 aliphatic carbocycles. The first-order valence-corrected chi connectivity index (χ1v) is 11.5. The third-order valence-electron chi connectivity index (χ3n) is 5.99. The molecule has 1 fully saturated rings. The maximum Gasteiger partial charge on any atom is 0.255 e. The molecule has 3 N–H and O–H groups in total. The number of piperazine rings is 1. The Balaban J connectivity index is 1.41. The average molecular weight is 458 g/mol. The maximum atomic E-state index is 12.9. The molecule has 0 unspecified atom stereocenters. The first-order valence-electron chi connectivity index (χ1n) is 11.5. The van der Waals surface area contributed by atoms with E-state index in [1.54, 1.807) is 12.1 Å². The zero-order valence-corrected chi connectivity index (χ0v) is 19.7. The second-order valence-electron chi connectivity index (χ2n) is 8.40. The zero-order chi connectivity index (χ0) is 23.9. The van der Waals surface area contributed by atoms with Gasteiger partial charge in [0.2, 0.25) is 0 Å². The fourth-order valence-corrected chi connectivity index (χ4v) is 3.88. The highest BCUT2D eigenvalue weighted by molar-refractivity contribution is 6.08. The Morgan fingerprint density at radius 1 is 0.971 bits per heavy atom. The van der Waals surface area contributed by atoms with Crippen LogP contribution in [0.5, 0.6) is 5.75 Å². The van der Waals surface area contributed by atoms with Gasteiger partial charge in [-0.1, -0.05) is 30.3 Å². The lowest BCUT2D eigenvalue weighted by molar-refractivity contribution is 0.102. The van der Waals surface area contributed by atoms with Crippen LogP contribution in [-0.2, 0) is 6.61 Å². The van der Waals surface area contributed by atoms with Crippen molar-refractivity contribution >= 4 is 23.1 Å². The number of hydrogen-bond donors (Lipinski definition) is 3. The van der Waals surface area contributed by atoms with Crippen molar-refractivity contribution in [2.45, 2.75) is 6.61 Å². The van der Waals surface area contributed by atoms with Crippen molar-refractivity contribution in [2.24, 2.45) is 0 Å². The Bertz CT molecular complexity index is 1120. The van der Waals surface area contributed by atoms with Crippen molar-refractivity contribution in [3.8, 4) is 5.75 Å². The van der Waals surface area contributed by atoms with Crippen molar-refractivity contribution in [3.63, 3.8) is 0 Å². The second-order valence-corrected chi connectivity index (χ2v) is 8.40. The molecule has 7 heteroatoms. The molecule has 1 heterocycles. The number of amidine groups is 1. The van der Waals surface area contributed by atoms with E-state index in [0.717, 1.165) is 48.7 Å². The summed E-state index contributed by atoms with van der Waals surface area (Å²) in [5.41, 5.74) is 3.86. The first kappa shape index (κ1) is 23.3. The average Bonchev–Trinajstić information content (AvgIpc) is 2.88. The van der Waals surface area contributed by atoms with Crippen LogP contribution in [0.3, 0.4) is 0 Å². The molecular formula is C27H31N5O2. The third-order valence-corrected chi connectivity index (χ3v) is 5.99. The van der Waals surface area contributed by atoms with Gasteiger partial charge in [0, 0.05) is 55.7 Å². The highest BCUT2D eigenvalue weighted by atomic mass is 16.5. The molecule has 0 radical (unpaired) electrons. The molecule has 3 aromatic carbocycles. The molecule has 4 rings (SSSR count). The largest absolute Gasteiger partial charge is 0.489 e. The van der Waals surface area contributed by atoms with Crippen LogP contribution in [-0.4, -0.2) is 61.8 Å². The first-order chi connectivity index (χ1) is 16.5. The number of hydrogen-bond acceptors (Lipinski definition) is 5. The molecule has 0 saturated carbocycles. The van der Waals surface area contributed by atoms with E-state index in [4.69, 9.17) is 10.1 Å². The molecule has 3 aromatic rings. The summed E-state index contributed by atoms with van der Waals surface area (Å²) >= 11 is 0. The van der Waals surface area contributed by atoms with E-state index in [-0.39, 0.29) is 5.91 Å². The lowest BCUT2D eigenvalue weighted by Crippen LogP contribution is -2.47. The number of amides is 1. The SMILES string of the molecule is CNc1ccc(C(=O)Nc2ccc(OCc3ccccc3)cc2)cc1C(=N)N1CCN(C)CC1. The van der Waals surface area contributed by atoms with Gasteiger partial charge in [0.15, 0.2) is 0 Å². The van der Waals surface area contributed by atoms with E-state index in [2.05, 4.69) is 27.5 Å². The van der Waals surface area contributed by atoms with Crippen molar-refractivity contribution in [3.05, 3.63) is 89.5 Å². The Morgan fingerprint density at radius 3 is 2.35 bits per heavy atom. The van der Waals surface area contributed by atoms with Gasteiger partial charge in [0.1, 0.15) is 18.2 Å². The van der Waals surface area contributed by atoms with E-state index in [9.17, 15) is 4.79 Å². The number of carbonyl (C=O) groups excluding carboxylic acids is 1. The van der Waals surface area contributed by atoms with E-state index in [0.29, 0.717) is 23.7 Å². The number of anilines is 2. The van der Waals surface area contributed by atoms with Gasteiger partial charge in [-0.25, -0.2) is 0 Å². The number of ether oxygens (including phenoxy) is 1. The second kappa shape index (κ2) is 10.9. The Hall–Kier alpha value is -3.84. The number of carbonyl (C=O) groups is 1. The summed E-state index contributed by atoms with van der Waals surface area (Å²) < 4.78 is 5.82. The number of rotatable bonds is 7. The molecule has 7 nitrogen and oxygen atoms in total. The van der Waals surface area contributed by atoms with Crippen molar-refractivity contribution in [1.29, 1.82) is 5.41 Å². The van der Waals surface area contributed by atoms with Crippen molar-refractivity contribution < 1.29 is 9.53 Å². The quantitative estimate of drug-likeness (QED) is 0.367. The lowest BCUT2D eigenvalue weighted by atomic mass is 10.1. The molecule has 1 saturated heterocycles. The molecule has 1 amide bonds. The van der Waals surface area contributed by atoms with Gasteiger partial charge >= 0.3 is 0 Å². The standard InChI is InChI=1S/C27H31N5O2/c1-29-25-13-8-21(18-24(25)26(28)32-16-14-31(2)15-17-32)27(33)30-22-9-11-23(12-10-22)34-19-20-6-4-3-5-7-20/h3-13,18,28-29H,14-17,19H2,1-2H3,(H,30,33). The summed E-state index contributed by atoms with van der Waals surface area (Å²) in [6.45, 7) is 3.93. The van der Waals surface area contributed by atoms with Crippen LogP contribution in [0.2, 0.25) is 0 Å². The molecule has 0 bridgehead atoms. The van der Waals surface area contributed by atoms with Crippen LogP contribution in [0.25, 0.3) is 0 Å². The van der Waals surface area contributed by atoms with Crippen LogP contribution < -0.4 is 15.4 Å². The Kier molecular flexibility index (Phi) is 7.44. The fraction of sp³-hybridized carbons (Fsp3) is 0.259. The van der Waals surface area contributed by atoms with Crippen LogP contribution in [0.15, 0.2) is 72.8 Å². The summed E-state index contributed by atoms with van der Waals surface area (Å²) in [7, 11) is 3.92. The predicted molar refractivity (Wildman–Crippen MR) is 137 cm³/mol.